The first kappa shape index (κ1) is 18.0. The van der Waals surface area contributed by atoms with Gasteiger partial charge in [0.15, 0.2) is 5.79 Å². The zero-order valence-electron chi connectivity index (χ0n) is 16.2. The third kappa shape index (κ3) is 3.18. The number of rotatable bonds is 4. The Morgan fingerprint density at radius 1 is 1.14 bits per heavy atom. The van der Waals surface area contributed by atoms with Gasteiger partial charge in [0.05, 0.1) is 31.7 Å². The molecule has 146 valence electrons. The summed E-state index contributed by atoms with van der Waals surface area (Å²) in [5, 5.41) is 3.33. The summed E-state index contributed by atoms with van der Waals surface area (Å²) >= 11 is 1.69. The molecule has 5 rings (SSSR count). The van der Waals surface area contributed by atoms with Gasteiger partial charge in [-0.15, -0.1) is 11.3 Å². The van der Waals surface area contributed by atoms with Crippen molar-refractivity contribution in [1.82, 2.24) is 14.9 Å². The first-order valence-electron chi connectivity index (χ1n) is 9.65. The summed E-state index contributed by atoms with van der Waals surface area (Å²) in [6, 6.07) is 10.5. The molecule has 0 radical (unpaired) electrons. The van der Waals surface area contributed by atoms with Crippen LogP contribution in [0, 0.1) is 0 Å². The van der Waals surface area contributed by atoms with Crippen molar-refractivity contribution in [3.63, 3.8) is 0 Å². The number of benzene rings is 1. The monoisotopic (exact) mass is 396 g/mol. The first-order valence-corrected chi connectivity index (χ1v) is 10.5. The number of anilines is 1. The number of nitrogens with zero attached hydrogens (tertiary/aromatic N) is 4. The molecule has 2 aliphatic heterocycles. The number of hydrogen-bond acceptors (Lipinski definition) is 7. The van der Waals surface area contributed by atoms with E-state index in [0.29, 0.717) is 26.3 Å². The van der Waals surface area contributed by atoms with Crippen molar-refractivity contribution in [2.24, 2.45) is 0 Å². The number of hydrogen-bond donors (Lipinski definition) is 0. The van der Waals surface area contributed by atoms with E-state index < -0.39 is 5.79 Å². The van der Waals surface area contributed by atoms with Gasteiger partial charge in [0.1, 0.15) is 16.5 Å². The molecule has 0 unspecified atom stereocenters. The molecule has 7 heteroatoms. The Morgan fingerprint density at radius 3 is 2.68 bits per heavy atom. The van der Waals surface area contributed by atoms with Crippen LogP contribution in [0.15, 0.2) is 35.7 Å². The molecule has 3 aromatic rings. The zero-order valence-corrected chi connectivity index (χ0v) is 17.0. The second kappa shape index (κ2) is 7.08. The van der Waals surface area contributed by atoms with E-state index in [2.05, 4.69) is 39.4 Å². The molecule has 0 N–H and O–H groups in total. The Morgan fingerprint density at radius 2 is 1.93 bits per heavy atom. The SMILES string of the molecule is CN(C)Cc1nc(N2CCC3(C2)OCCO3)c2c(-c3ccccc3)csc2n1. The van der Waals surface area contributed by atoms with Gasteiger partial charge in [-0.1, -0.05) is 30.3 Å². The van der Waals surface area contributed by atoms with E-state index in [1.54, 1.807) is 11.3 Å². The summed E-state index contributed by atoms with van der Waals surface area (Å²) in [6.07, 6.45) is 0.867. The van der Waals surface area contributed by atoms with Crippen LogP contribution in [0.3, 0.4) is 0 Å². The van der Waals surface area contributed by atoms with Gasteiger partial charge in [0, 0.05) is 23.9 Å². The second-order valence-corrected chi connectivity index (χ2v) is 8.53. The summed E-state index contributed by atoms with van der Waals surface area (Å²) in [7, 11) is 4.09. The van der Waals surface area contributed by atoms with Crippen LogP contribution in [0.25, 0.3) is 21.3 Å². The minimum absolute atomic E-state index is 0.470. The Labute approximate surface area is 168 Å². The smallest absolute Gasteiger partial charge is 0.187 e. The van der Waals surface area contributed by atoms with Crippen LogP contribution in [0.4, 0.5) is 5.82 Å². The molecule has 2 aliphatic rings. The molecule has 6 nitrogen and oxygen atoms in total. The van der Waals surface area contributed by atoms with E-state index >= 15 is 0 Å². The largest absolute Gasteiger partial charge is 0.350 e. The highest BCUT2D eigenvalue weighted by Gasteiger charge is 2.44. The van der Waals surface area contributed by atoms with E-state index in [1.165, 1.54) is 11.1 Å². The number of aromatic nitrogens is 2. The van der Waals surface area contributed by atoms with Crippen LogP contribution in [-0.2, 0) is 16.0 Å². The van der Waals surface area contributed by atoms with Crippen molar-refractivity contribution < 1.29 is 9.47 Å². The van der Waals surface area contributed by atoms with Crippen LogP contribution < -0.4 is 4.90 Å². The van der Waals surface area contributed by atoms with Gasteiger partial charge in [-0.25, -0.2) is 9.97 Å². The summed E-state index contributed by atoms with van der Waals surface area (Å²) in [6.45, 7) is 3.65. The topological polar surface area (TPSA) is 50.7 Å². The van der Waals surface area contributed by atoms with Crippen LogP contribution in [-0.4, -0.2) is 61.1 Å². The van der Waals surface area contributed by atoms with Gasteiger partial charge in [0.25, 0.3) is 0 Å². The molecule has 2 saturated heterocycles. The van der Waals surface area contributed by atoms with Gasteiger partial charge < -0.3 is 19.3 Å². The molecule has 4 heterocycles. The molecule has 0 amide bonds. The van der Waals surface area contributed by atoms with E-state index in [9.17, 15) is 0 Å². The summed E-state index contributed by atoms with van der Waals surface area (Å²) in [4.78, 5) is 15.3. The Balaban J connectivity index is 1.63. The molecule has 2 aromatic heterocycles. The van der Waals surface area contributed by atoms with Crippen LogP contribution >= 0.6 is 11.3 Å². The molecular weight excluding hydrogens is 372 g/mol. The van der Waals surface area contributed by atoms with Gasteiger partial charge in [-0.2, -0.15) is 0 Å². The maximum atomic E-state index is 5.94. The molecule has 28 heavy (non-hydrogen) atoms. The van der Waals surface area contributed by atoms with Crippen molar-refractivity contribution in [3.05, 3.63) is 41.5 Å². The molecule has 0 atom stereocenters. The average Bonchev–Trinajstić information content (AvgIpc) is 3.42. The van der Waals surface area contributed by atoms with Gasteiger partial charge >= 0.3 is 0 Å². The molecule has 1 spiro atoms. The number of ether oxygens (including phenoxy) is 2. The van der Waals surface area contributed by atoms with Crippen LogP contribution in [0.5, 0.6) is 0 Å². The normalized spacial score (nSPS) is 18.8. The predicted octanol–water partition coefficient (Wildman–Crippen LogP) is 3.37. The fourth-order valence-corrected chi connectivity index (χ4v) is 5.01. The highest BCUT2D eigenvalue weighted by atomic mass is 32.1. The van der Waals surface area contributed by atoms with Crippen molar-refractivity contribution in [2.45, 2.75) is 18.8 Å². The molecular formula is C21H24N4O2S. The van der Waals surface area contributed by atoms with Crippen molar-refractivity contribution in [3.8, 4) is 11.1 Å². The average molecular weight is 397 g/mol. The lowest BCUT2D eigenvalue weighted by Crippen LogP contribution is -2.34. The van der Waals surface area contributed by atoms with Crippen molar-refractivity contribution in [1.29, 1.82) is 0 Å². The van der Waals surface area contributed by atoms with Gasteiger partial charge in [-0.05, 0) is 19.7 Å². The highest BCUT2D eigenvalue weighted by molar-refractivity contribution is 7.17. The predicted molar refractivity (Wildman–Crippen MR) is 112 cm³/mol. The van der Waals surface area contributed by atoms with E-state index in [4.69, 9.17) is 19.4 Å². The summed E-state index contributed by atoms with van der Waals surface area (Å²) in [5.74, 6) is 1.38. The Kier molecular flexibility index (Phi) is 4.55. The summed E-state index contributed by atoms with van der Waals surface area (Å²) in [5.41, 5.74) is 2.39. The maximum Gasteiger partial charge on any atom is 0.187 e. The lowest BCUT2D eigenvalue weighted by molar-refractivity contribution is -0.137. The lowest BCUT2D eigenvalue weighted by atomic mass is 10.1. The zero-order chi connectivity index (χ0) is 19.1. The molecule has 2 fully saturated rings. The minimum Gasteiger partial charge on any atom is -0.350 e. The third-order valence-corrected chi connectivity index (χ3v) is 6.18. The maximum absolute atomic E-state index is 5.94. The van der Waals surface area contributed by atoms with Crippen LogP contribution in [0.1, 0.15) is 12.2 Å². The molecule has 1 aromatic carbocycles. The van der Waals surface area contributed by atoms with Crippen molar-refractivity contribution >= 4 is 27.4 Å². The van der Waals surface area contributed by atoms with Crippen LogP contribution in [0.2, 0.25) is 0 Å². The van der Waals surface area contributed by atoms with Crippen molar-refractivity contribution in [2.75, 3.05) is 45.3 Å². The van der Waals surface area contributed by atoms with E-state index in [0.717, 1.165) is 34.8 Å². The first-order chi connectivity index (χ1) is 13.6. The molecule has 0 aliphatic carbocycles. The lowest BCUT2D eigenvalue weighted by Gasteiger charge is -2.24. The number of fused-ring (bicyclic) bond motifs is 1. The Hall–Kier alpha value is -2.06. The fourth-order valence-electron chi connectivity index (χ4n) is 4.05. The minimum atomic E-state index is -0.470. The summed E-state index contributed by atoms with van der Waals surface area (Å²) < 4.78 is 11.9. The van der Waals surface area contributed by atoms with E-state index in [1.807, 2.05) is 20.2 Å². The number of thiophene rings is 1. The molecule has 0 bridgehead atoms. The highest BCUT2D eigenvalue weighted by Crippen LogP contribution is 2.41. The third-order valence-electron chi connectivity index (χ3n) is 5.31. The van der Waals surface area contributed by atoms with Gasteiger partial charge in [0.2, 0.25) is 0 Å². The standard InChI is InChI=1S/C21H24N4O2S/c1-24(2)12-17-22-19(25-9-8-21(14-25)26-10-11-27-21)18-16(13-28-20(18)23-17)15-6-4-3-5-7-15/h3-7,13H,8-12,14H2,1-2H3. The second-order valence-electron chi connectivity index (χ2n) is 7.68. The Bertz CT molecular complexity index is 983. The van der Waals surface area contributed by atoms with E-state index in [-0.39, 0.29) is 0 Å². The van der Waals surface area contributed by atoms with Gasteiger partial charge in [-0.3, -0.25) is 0 Å². The fraction of sp³-hybridized carbons (Fsp3) is 0.429. The molecule has 0 saturated carbocycles. The quantitative estimate of drug-likeness (QED) is 0.674.